The van der Waals surface area contributed by atoms with E-state index in [4.69, 9.17) is 4.74 Å². The van der Waals surface area contributed by atoms with Crippen molar-refractivity contribution in [3.63, 3.8) is 0 Å². The summed E-state index contributed by atoms with van der Waals surface area (Å²) in [6.45, 7) is 1.76. The van der Waals surface area contributed by atoms with Gasteiger partial charge in [0.15, 0.2) is 5.75 Å². The molecule has 1 heterocycles. The van der Waals surface area contributed by atoms with Gasteiger partial charge in [0.2, 0.25) is 11.1 Å². The minimum Gasteiger partial charge on any atom is -0.490 e. The van der Waals surface area contributed by atoms with E-state index in [0.29, 0.717) is 16.7 Å². The van der Waals surface area contributed by atoms with E-state index in [1.807, 2.05) is 0 Å². The Labute approximate surface area is 129 Å². The van der Waals surface area contributed by atoms with Crippen LogP contribution in [0.2, 0.25) is 0 Å². The van der Waals surface area contributed by atoms with E-state index >= 15 is 0 Å². The summed E-state index contributed by atoms with van der Waals surface area (Å²) in [5, 5.41) is 20.5. The second-order valence-electron chi connectivity index (χ2n) is 4.18. The number of hydrogen-bond donors (Lipinski definition) is 2. The monoisotopic (exact) mass is 323 g/mol. The number of amides is 1. The van der Waals surface area contributed by atoms with Crippen LogP contribution < -0.4 is 10.1 Å². The molecular formula is C12H13N5O4S. The van der Waals surface area contributed by atoms with Gasteiger partial charge in [-0.05, 0) is 13.0 Å². The number of H-pyrrole nitrogens is 1. The molecule has 0 aliphatic rings. The lowest BCUT2D eigenvalue weighted by atomic mass is 10.2. The van der Waals surface area contributed by atoms with Gasteiger partial charge >= 0.3 is 5.69 Å². The van der Waals surface area contributed by atoms with Gasteiger partial charge in [-0.1, -0.05) is 11.8 Å². The minimum atomic E-state index is -0.550. The molecule has 2 rings (SSSR count). The maximum absolute atomic E-state index is 11.8. The number of nitrogens with zero attached hydrogens (tertiary/aromatic N) is 3. The number of nitro benzene ring substituents is 1. The van der Waals surface area contributed by atoms with E-state index in [-0.39, 0.29) is 23.1 Å². The molecule has 10 heteroatoms. The number of carbonyl (C=O) groups is 1. The molecule has 0 radical (unpaired) electrons. The van der Waals surface area contributed by atoms with Crippen LogP contribution in [0.25, 0.3) is 0 Å². The zero-order chi connectivity index (χ0) is 16.1. The lowest BCUT2D eigenvalue weighted by Crippen LogP contribution is -2.14. The first kappa shape index (κ1) is 15.8. The van der Waals surface area contributed by atoms with Gasteiger partial charge in [0.1, 0.15) is 5.82 Å². The number of aryl methyl sites for hydroxylation is 1. The summed E-state index contributed by atoms with van der Waals surface area (Å²) in [6.07, 6.45) is 0. The minimum absolute atomic E-state index is 0.0834. The van der Waals surface area contributed by atoms with Gasteiger partial charge in [-0.3, -0.25) is 20.0 Å². The summed E-state index contributed by atoms with van der Waals surface area (Å²) in [5.74, 6) is 0.600. The molecule has 0 bridgehead atoms. The number of anilines is 1. The molecule has 0 saturated heterocycles. The fourth-order valence-electron chi connectivity index (χ4n) is 1.62. The van der Waals surface area contributed by atoms with Crippen molar-refractivity contribution in [3.05, 3.63) is 34.1 Å². The number of nitro groups is 1. The van der Waals surface area contributed by atoms with Gasteiger partial charge in [0, 0.05) is 17.8 Å². The molecule has 0 aliphatic carbocycles. The molecule has 0 spiro atoms. The van der Waals surface area contributed by atoms with Gasteiger partial charge in [-0.15, -0.1) is 5.10 Å². The van der Waals surface area contributed by atoms with E-state index in [9.17, 15) is 14.9 Å². The molecule has 0 saturated carbocycles. The van der Waals surface area contributed by atoms with E-state index in [0.717, 1.165) is 0 Å². The molecule has 1 aromatic carbocycles. The molecule has 116 valence electrons. The predicted molar refractivity (Wildman–Crippen MR) is 80.1 cm³/mol. The second kappa shape index (κ2) is 6.89. The molecule has 1 amide bonds. The molecular weight excluding hydrogens is 310 g/mol. The Kier molecular flexibility index (Phi) is 4.94. The van der Waals surface area contributed by atoms with Crippen molar-refractivity contribution < 1.29 is 14.5 Å². The number of benzene rings is 1. The molecule has 1 aromatic heterocycles. The van der Waals surface area contributed by atoms with Crippen LogP contribution in [0.5, 0.6) is 5.75 Å². The molecule has 22 heavy (non-hydrogen) atoms. The normalized spacial score (nSPS) is 10.3. The van der Waals surface area contributed by atoms with Crippen molar-refractivity contribution in [1.29, 1.82) is 0 Å². The van der Waals surface area contributed by atoms with Gasteiger partial charge in [0.25, 0.3) is 0 Å². The topological polar surface area (TPSA) is 123 Å². The molecule has 0 atom stereocenters. The van der Waals surface area contributed by atoms with Crippen LogP contribution in [-0.2, 0) is 4.79 Å². The Morgan fingerprint density at radius 1 is 1.55 bits per heavy atom. The molecule has 2 N–H and O–H groups in total. The highest BCUT2D eigenvalue weighted by atomic mass is 32.2. The number of methoxy groups -OCH3 is 1. The summed E-state index contributed by atoms with van der Waals surface area (Å²) >= 11 is 1.18. The average molecular weight is 323 g/mol. The summed E-state index contributed by atoms with van der Waals surface area (Å²) in [4.78, 5) is 26.2. The van der Waals surface area contributed by atoms with Crippen LogP contribution in [0.15, 0.2) is 23.4 Å². The lowest BCUT2D eigenvalue weighted by Gasteiger charge is -2.07. The van der Waals surface area contributed by atoms with Crippen molar-refractivity contribution in [2.45, 2.75) is 12.1 Å². The Balaban J connectivity index is 1.97. The zero-order valence-corrected chi connectivity index (χ0v) is 12.6. The number of thioether (sulfide) groups is 1. The number of hydrogen-bond acceptors (Lipinski definition) is 7. The van der Waals surface area contributed by atoms with Crippen LogP contribution in [-0.4, -0.2) is 38.9 Å². The third-order valence-corrected chi connectivity index (χ3v) is 3.42. The van der Waals surface area contributed by atoms with Crippen molar-refractivity contribution in [2.75, 3.05) is 18.2 Å². The molecule has 0 unspecified atom stereocenters. The Bertz CT molecular complexity index is 703. The predicted octanol–water partition coefficient (Wildman–Crippen LogP) is 1.76. The number of carbonyl (C=O) groups excluding carboxylic acids is 1. The molecule has 9 nitrogen and oxygen atoms in total. The van der Waals surface area contributed by atoms with Crippen LogP contribution in [0.3, 0.4) is 0 Å². The number of rotatable bonds is 6. The zero-order valence-electron chi connectivity index (χ0n) is 11.8. The summed E-state index contributed by atoms with van der Waals surface area (Å²) in [7, 11) is 1.33. The van der Waals surface area contributed by atoms with E-state index in [1.54, 1.807) is 6.92 Å². The molecule has 2 aromatic rings. The fraction of sp³-hybridized carbons (Fsp3) is 0.250. The van der Waals surface area contributed by atoms with Gasteiger partial charge in [-0.2, -0.15) is 0 Å². The maximum atomic E-state index is 11.8. The van der Waals surface area contributed by atoms with Crippen LogP contribution in [0.4, 0.5) is 11.4 Å². The van der Waals surface area contributed by atoms with E-state index < -0.39 is 4.92 Å². The maximum Gasteiger partial charge on any atom is 0.311 e. The van der Waals surface area contributed by atoms with Gasteiger partial charge in [-0.25, -0.2) is 4.98 Å². The molecule has 0 aliphatic heterocycles. The van der Waals surface area contributed by atoms with Crippen LogP contribution in [0, 0.1) is 17.0 Å². The first-order chi connectivity index (χ1) is 10.5. The Hall–Kier alpha value is -2.62. The number of aromatic amines is 1. The standard InChI is InChI=1S/C12H13N5O4S/c1-7-13-12(16-15-7)22-6-11(18)14-8-3-4-9(17(19)20)10(5-8)21-2/h3-5H,6H2,1-2H3,(H,14,18)(H,13,15,16). The van der Waals surface area contributed by atoms with Crippen molar-refractivity contribution >= 4 is 29.0 Å². The third kappa shape index (κ3) is 3.95. The quantitative estimate of drug-likeness (QED) is 0.471. The highest BCUT2D eigenvalue weighted by Gasteiger charge is 2.15. The Morgan fingerprint density at radius 2 is 2.32 bits per heavy atom. The third-order valence-electron chi connectivity index (χ3n) is 2.57. The Morgan fingerprint density at radius 3 is 2.91 bits per heavy atom. The average Bonchev–Trinajstić information content (AvgIpc) is 2.90. The van der Waals surface area contributed by atoms with Gasteiger partial charge in [0.05, 0.1) is 17.8 Å². The summed E-state index contributed by atoms with van der Waals surface area (Å²) in [5.41, 5.74) is 0.255. The van der Waals surface area contributed by atoms with Crippen LogP contribution >= 0.6 is 11.8 Å². The largest absolute Gasteiger partial charge is 0.490 e. The number of ether oxygens (including phenoxy) is 1. The highest BCUT2D eigenvalue weighted by molar-refractivity contribution is 7.99. The van der Waals surface area contributed by atoms with E-state index in [2.05, 4.69) is 20.5 Å². The van der Waals surface area contributed by atoms with Crippen LogP contribution in [0.1, 0.15) is 5.82 Å². The van der Waals surface area contributed by atoms with Gasteiger partial charge < -0.3 is 10.1 Å². The second-order valence-corrected chi connectivity index (χ2v) is 5.13. The van der Waals surface area contributed by atoms with E-state index in [1.165, 1.54) is 37.1 Å². The first-order valence-corrected chi connectivity index (χ1v) is 7.12. The summed E-state index contributed by atoms with van der Waals surface area (Å²) < 4.78 is 4.94. The smallest absolute Gasteiger partial charge is 0.311 e. The summed E-state index contributed by atoms with van der Waals surface area (Å²) in [6, 6.07) is 4.12. The van der Waals surface area contributed by atoms with Crippen molar-refractivity contribution in [2.24, 2.45) is 0 Å². The lowest BCUT2D eigenvalue weighted by molar-refractivity contribution is -0.385. The van der Waals surface area contributed by atoms with Crippen molar-refractivity contribution in [1.82, 2.24) is 15.2 Å². The SMILES string of the molecule is COc1cc(NC(=O)CSc2n[nH]c(C)n2)ccc1[N+](=O)[O-]. The number of nitrogens with one attached hydrogen (secondary N) is 2. The highest BCUT2D eigenvalue weighted by Crippen LogP contribution is 2.29. The molecule has 0 fully saturated rings. The first-order valence-electron chi connectivity index (χ1n) is 6.13. The number of aromatic nitrogens is 3. The fourth-order valence-corrected chi connectivity index (χ4v) is 2.26. The van der Waals surface area contributed by atoms with Crippen molar-refractivity contribution in [3.8, 4) is 5.75 Å².